The number of carbonyl (C=O) groups is 2. The van der Waals surface area contributed by atoms with Gasteiger partial charge in [-0.15, -0.1) is 0 Å². The summed E-state index contributed by atoms with van der Waals surface area (Å²) >= 11 is 0. The minimum Gasteiger partial charge on any atom is -0.305 e. The van der Waals surface area contributed by atoms with Crippen LogP contribution in [0.3, 0.4) is 0 Å². The number of para-hydroxylation sites is 1. The van der Waals surface area contributed by atoms with E-state index < -0.39 is 10.7 Å². The van der Waals surface area contributed by atoms with Crippen molar-refractivity contribution in [2.24, 2.45) is 0 Å². The maximum absolute atomic E-state index is 13.5. The lowest BCUT2D eigenvalue weighted by Crippen LogP contribution is -2.06. The van der Waals surface area contributed by atoms with Gasteiger partial charge >= 0.3 is 0 Å². The number of nitro benzene ring substituents is 1. The predicted octanol–water partition coefficient (Wildman–Crippen LogP) is 5.46. The van der Waals surface area contributed by atoms with E-state index in [9.17, 15) is 19.7 Å². The van der Waals surface area contributed by atoms with Crippen molar-refractivity contribution in [3.8, 4) is 0 Å². The molecule has 0 bridgehead atoms. The molecule has 0 fully saturated rings. The second-order valence-corrected chi connectivity index (χ2v) is 7.39. The second kappa shape index (κ2) is 7.59. The van der Waals surface area contributed by atoms with Crippen molar-refractivity contribution in [1.82, 2.24) is 4.40 Å². The van der Waals surface area contributed by atoms with E-state index in [4.69, 9.17) is 0 Å². The van der Waals surface area contributed by atoms with Gasteiger partial charge in [0.2, 0.25) is 5.78 Å². The maximum atomic E-state index is 13.5. The van der Waals surface area contributed by atoms with Crippen molar-refractivity contribution in [3.63, 3.8) is 0 Å². The van der Waals surface area contributed by atoms with E-state index in [0.29, 0.717) is 16.6 Å². The molecule has 0 aliphatic rings. The van der Waals surface area contributed by atoms with Gasteiger partial charge < -0.3 is 4.40 Å². The first-order valence-electron chi connectivity index (χ1n) is 9.97. The van der Waals surface area contributed by atoms with Crippen molar-refractivity contribution < 1.29 is 14.5 Å². The lowest BCUT2D eigenvalue weighted by molar-refractivity contribution is -0.384. The largest absolute Gasteiger partial charge is 0.305 e. The molecule has 0 saturated carbocycles. The van der Waals surface area contributed by atoms with E-state index >= 15 is 0 Å². The fraction of sp³-hybridized carbons (Fsp3) is 0. The zero-order valence-corrected chi connectivity index (χ0v) is 16.8. The summed E-state index contributed by atoms with van der Waals surface area (Å²) in [6, 6.07) is 27.4. The molecule has 0 spiro atoms. The number of nitrogens with zero attached hydrogens (tertiary/aromatic N) is 2. The highest BCUT2D eigenvalue weighted by molar-refractivity contribution is 6.17. The topological polar surface area (TPSA) is 81.7 Å². The number of hydrogen-bond acceptors (Lipinski definition) is 4. The van der Waals surface area contributed by atoms with Crippen LogP contribution in [0.5, 0.6) is 0 Å². The first-order chi connectivity index (χ1) is 15.5. The SMILES string of the molecule is O=C(c1ccccc1)c1cc(C(=O)c2cccc([N+](=O)[O-])c2)n2c1ccc1ccccc12. The Kier molecular flexibility index (Phi) is 4.60. The molecule has 2 heterocycles. The lowest BCUT2D eigenvalue weighted by Gasteiger charge is -2.08. The summed E-state index contributed by atoms with van der Waals surface area (Å²) in [5, 5.41) is 12.1. The van der Waals surface area contributed by atoms with E-state index in [-0.39, 0.29) is 22.7 Å². The van der Waals surface area contributed by atoms with E-state index in [1.165, 1.54) is 18.2 Å². The minimum atomic E-state index is -0.535. The summed E-state index contributed by atoms with van der Waals surface area (Å²) in [4.78, 5) is 37.5. The molecule has 0 unspecified atom stereocenters. The summed E-state index contributed by atoms with van der Waals surface area (Å²) in [6.45, 7) is 0. The van der Waals surface area contributed by atoms with E-state index in [1.54, 1.807) is 40.8 Å². The molecule has 0 radical (unpaired) electrons. The van der Waals surface area contributed by atoms with Crippen LogP contribution in [-0.4, -0.2) is 20.9 Å². The van der Waals surface area contributed by atoms with Crippen LogP contribution in [0, 0.1) is 10.1 Å². The van der Waals surface area contributed by atoms with E-state index in [2.05, 4.69) is 0 Å². The molecule has 0 atom stereocenters. The molecule has 2 aromatic heterocycles. The monoisotopic (exact) mass is 420 g/mol. The van der Waals surface area contributed by atoms with Gasteiger partial charge in [-0.2, -0.15) is 0 Å². The molecule has 3 aromatic carbocycles. The Labute approximate surface area is 182 Å². The number of fused-ring (bicyclic) bond motifs is 3. The van der Waals surface area contributed by atoms with Crippen molar-refractivity contribution in [2.45, 2.75) is 0 Å². The van der Waals surface area contributed by atoms with Crippen LogP contribution in [0.15, 0.2) is 97.1 Å². The Morgan fingerprint density at radius 2 is 1.41 bits per heavy atom. The molecule has 0 amide bonds. The van der Waals surface area contributed by atoms with Crippen LogP contribution >= 0.6 is 0 Å². The van der Waals surface area contributed by atoms with E-state index in [1.807, 2.05) is 42.5 Å². The molecule has 0 aliphatic carbocycles. The second-order valence-electron chi connectivity index (χ2n) is 7.39. The summed E-state index contributed by atoms with van der Waals surface area (Å²) in [6.07, 6.45) is 0. The normalized spacial score (nSPS) is 11.0. The minimum absolute atomic E-state index is 0.165. The molecule has 6 heteroatoms. The number of hydrogen-bond donors (Lipinski definition) is 0. The van der Waals surface area contributed by atoms with E-state index in [0.717, 1.165) is 10.9 Å². The Hall–Kier alpha value is -4.58. The van der Waals surface area contributed by atoms with Gasteiger partial charge in [0.1, 0.15) is 0 Å². The smallest absolute Gasteiger partial charge is 0.270 e. The Morgan fingerprint density at radius 1 is 0.688 bits per heavy atom. The van der Waals surface area contributed by atoms with Gasteiger partial charge in [-0.25, -0.2) is 0 Å². The van der Waals surface area contributed by atoms with Gasteiger partial charge in [-0.3, -0.25) is 19.7 Å². The number of carbonyl (C=O) groups excluding carboxylic acids is 2. The molecule has 154 valence electrons. The van der Waals surface area contributed by atoms with Crippen LogP contribution in [0.25, 0.3) is 16.4 Å². The van der Waals surface area contributed by atoms with Gasteiger partial charge in [0.15, 0.2) is 5.78 Å². The summed E-state index contributed by atoms with van der Waals surface area (Å²) in [5.41, 5.74) is 2.58. The summed E-state index contributed by atoms with van der Waals surface area (Å²) in [7, 11) is 0. The molecule has 0 aliphatic heterocycles. The molecular weight excluding hydrogens is 404 g/mol. The van der Waals surface area contributed by atoms with Crippen LogP contribution in [0.4, 0.5) is 5.69 Å². The Morgan fingerprint density at radius 3 is 2.19 bits per heavy atom. The van der Waals surface area contributed by atoms with Gasteiger partial charge in [0.25, 0.3) is 5.69 Å². The fourth-order valence-corrected chi connectivity index (χ4v) is 3.95. The quantitative estimate of drug-likeness (QED) is 0.215. The molecule has 0 N–H and O–H groups in total. The average Bonchev–Trinajstić information content (AvgIpc) is 3.24. The first kappa shape index (κ1) is 19.4. The first-order valence-corrected chi connectivity index (χ1v) is 9.97. The molecular formula is C26H16N2O4. The standard InChI is InChI=1S/C26H16N2O4/c29-25(18-8-2-1-3-9-18)21-16-24(26(30)19-10-6-11-20(15-19)28(31)32)27-22-12-5-4-7-17(22)13-14-23(21)27/h1-16H. The predicted molar refractivity (Wildman–Crippen MR) is 121 cm³/mol. The number of aromatic nitrogens is 1. The average molecular weight is 420 g/mol. The zero-order valence-electron chi connectivity index (χ0n) is 16.8. The van der Waals surface area contributed by atoms with Crippen molar-refractivity contribution >= 4 is 33.7 Å². The number of nitro groups is 1. The van der Waals surface area contributed by atoms with Crippen molar-refractivity contribution in [1.29, 1.82) is 0 Å². The zero-order chi connectivity index (χ0) is 22.2. The highest BCUT2D eigenvalue weighted by Gasteiger charge is 2.23. The fourth-order valence-electron chi connectivity index (χ4n) is 3.95. The van der Waals surface area contributed by atoms with Crippen LogP contribution in [0.2, 0.25) is 0 Å². The molecule has 6 nitrogen and oxygen atoms in total. The third-order valence-electron chi connectivity index (χ3n) is 5.47. The highest BCUT2D eigenvalue weighted by atomic mass is 16.6. The molecule has 0 saturated heterocycles. The van der Waals surface area contributed by atoms with Gasteiger partial charge in [-0.05, 0) is 23.6 Å². The van der Waals surface area contributed by atoms with Gasteiger partial charge in [0.05, 0.1) is 21.7 Å². The number of non-ortho nitro benzene ring substituents is 1. The van der Waals surface area contributed by atoms with Crippen LogP contribution < -0.4 is 0 Å². The van der Waals surface area contributed by atoms with Crippen LogP contribution in [0.1, 0.15) is 32.0 Å². The maximum Gasteiger partial charge on any atom is 0.270 e. The third kappa shape index (κ3) is 3.15. The van der Waals surface area contributed by atoms with Gasteiger partial charge in [-0.1, -0.05) is 66.7 Å². The Balaban J connectivity index is 1.77. The molecule has 5 rings (SSSR count). The number of pyridine rings is 1. The molecule has 5 aromatic rings. The third-order valence-corrected chi connectivity index (χ3v) is 5.47. The highest BCUT2D eigenvalue weighted by Crippen LogP contribution is 2.28. The Bertz CT molecular complexity index is 1530. The lowest BCUT2D eigenvalue weighted by atomic mass is 10.0. The van der Waals surface area contributed by atoms with Crippen LogP contribution in [-0.2, 0) is 0 Å². The number of ketones is 2. The van der Waals surface area contributed by atoms with Crippen molar-refractivity contribution in [2.75, 3.05) is 0 Å². The number of benzene rings is 3. The van der Waals surface area contributed by atoms with Crippen molar-refractivity contribution in [3.05, 3.63) is 130 Å². The van der Waals surface area contributed by atoms with Gasteiger partial charge in [0, 0.05) is 28.8 Å². The summed E-state index contributed by atoms with van der Waals surface area (Å²) in [5.74, 6) is -0.594. The summed E-state index contributed by atoms with van der Waals surface area (Å²) < 4.78 is 1.76. The number of rotatable bonds is 5. The molecule has 32 heavy (non-hydrogen) atoms.